The van der Waals surface area contributed by atoms with E-state index >= 15 is 0 Å². The quantitative estimate of drug-likeness (QED) is 0.469. The van der Waals surface area contributed by atoms with Gasteiger partial charge in [-0.1, -0.05) is 0 Å². The molecule has 1 aliphatic rings. The maximum absolute atomic E-state index is 11.3. The van der Waals surface area contributed by atoms with Crippen LogP contribution in [0, 0.1) is 0 Å². The molecule has 0 N–H and O–H groups in total. The van der Waals surface area contributed by atoms with E-state index in [4.69, 9.17) is 0 Å². The van der Waals surface area contributed by atoms with Crippen molar-refractivity contribution in [1.29, 1.82) is 0 Å². The Morgan fingerprint density at radius 3 is 2.41 bits per heavy atom. The van der Waals surface area contributed by atoms with E-state index in [0.29, 0.717) is 38.9 Å². The molecular weight excluding hydrogens is 224 g/mol. The molecule has 0 radical (unpaired) electrons. The number of hydrogen-bond donors (Lipinski definition) is 0. The van der Waals surface area contributed by atoms with Crippen molar-refractivity contribution >= 4 is 17.8 Å². The van der Waals surface area contributed by atoms with E-state index in [1.165, 1.54) is 12.0 Å². The summed E-state index contributed by atoms with van der Waals surface area (Å²) in [5.74, 6) is -0.460. The first-order valence-corrected chi connectivity index (χ1v) is 5.63. The molecule has 1 rings (SSSR count). The van der Waals surface area contributed by atoms with E-state index in [9.17, 15) is 14.4 Å². The summed E-state index contributed by atoms with van der Waals surface area (Å²) in [4.78, 5) is 36.7. The monoisotopic (exact) mass is 242 g/mol. The number of ether oxygens (including phenoxy) is 1. The lowest BCUT2D eigenvalue weighted by molar-refractivity contribution is -0.142. The zero-order valence-electron chi connectivity index (χ0n) is 10.3. The third-order valence-electron chi connectivity index (χ3n) is 2.79. The van der Waals surface area contributed by atoms with Crippen molar-refractivity contribution in [1.82, 2.24) is 9.80 Å². The fourth-order valence-corrected chi connectivity index (χ4v) is 1.64. The molecule has 2 amide bonds. The van der Waals surface area contributed by atoms with E-state index in [1.54, 1.807) is 0 Å². The number of likely N-dealkylation sites (tertiary alicyclic amines) is 1. The van der Waals surface area contributed by atoms with Crippen LogP contribution >= 0.6 is 0 Å². The molecule has 0 aromatic heterocycles. The Bertz CT molecular complexity index is 301. The van der Waals surface area contributed by atoms with Crippen molar-refractivity contribution in [2.24, 2.45) is 0 Å². The number of esters is 1. The molecule has 6 heteroatoms. The first kappa shape index (κ1) is 13.6. The molecule has 6 nitrogen and oxygen atoms in total. The Hall–Kier alpha value is -1.43. The van der Waals surface area contributed by atoms with Gasteiger partial charge in [0.25, 0.3) is 0 Å². The van der Waals surface area contributed by atoms with Gasteiger partial charge in [0.15, 0.2) is 0 Å². The fraction of sp³-hybridized carbons (Fsp3) is 0.727. The summed E-state index contributed by atoms with van der Waals surface area (Å²) >= 11 is 0. The van der Waals surface area contributed by atoms with E-state index in [-0.39, 0.29) is 17.8 Å². The van der Waals surface area contributed by atoms with Crippen molar-refractivity contribution in [2.75, 3.05) is 33.8 Å². The largest absolute Gasteiger partial charge is 0.469 e. The first-order valence-electron chi connectivity index (χ1n) is 5.63. The van der Waals surface area contributed by atoms with Crippen LogP contribution in [0.15, 0.2) is 0 Å². The van der Waals surface area contributed by atoms with Crippen LogP contribution in [0.25, 0.3) is 0 Å². The van der Waals surface area contributed by atoms with Gasteiger partial charge in [0.05, 0.1) is 13.5 Å². The molecule has 96 valence electrons. The smallest absolute Gasteiger partial charge is 0.306 e. The van der Waals surface area contributed by atoms with Gasteiger partial charge < -0.3 is 9.64 Å². The summed E-state index contributed by atoms with van der Waals surface area (Å²) in [6, 6.07) is 0. The molecule has 1 fully saturated rings. The Morgan fingerprint density at radius 2 is 1.88 bits per heavy atom. The number of methoxy groups -OCH3 is 1. The van der Waals surface area contributed by atoms with Crippen LogP contribution in [-0.4, -0.2) is 61.4 Å². The van der Waals surface area contributed by atoms with Crippen LogP contribution in [0.5, 0.6) is 0 Å². The molecule has 0 aromatic rings. The van der Waals surface area contributed by atoms with Crippen LogP contribution in [0.1, 0.15) is 19.3 Å². The molecular formula is C11H18N2O4. The summed E-state index contributed by atoms with van der Waals surface area (Å²) in [6.45, 7) is 1.53. The summed E-state index contributed by atoms with van der Waals surface area (Å²) in [5.41, 5.74) is 0. The highest BCUT2D eigenvalue weighted by Crippen LogP contribution is 2.10. The molecule has 1 aliphatic heterocycles. The summed E-state index contributed by atoms with van der Waals surface area (Å²) in [5, 5.41) is 0. The second kappa shape index (κ2) is 6.34. The standard InChI is InChI=1S/C11H18N2O4/c1-12(6-5-11(16)17-2)7-8-13-9(14)3-4-10(13)15/h3-8H2,1-2H3. The number of carbonyl (C=O) groups is 3. The molecule has 0 spiro atoms. The highest BCUT2D eigenvalue weighted by Gasteiger charge is 2.28. The second-order valence-corrected chi connectivity index (χ2v) is 4.07. The third kappa shape index (κ3) is 4.14. The minimum absolute atomic E-state index is 0.101. The second-order valence-electron chi connectivity index (χ2n) is 4.07. The number of imide groups is 1. The number of amides is 2. The van der Waals surface area contributed by atoms with Gasteiger partial charge in [0.2, 0.25) is 11.8 Å². The first-order chi connectivity index (χ1) is 8.04. The molecule has 0 atom stereocenters. The summed E-state index contributed by atoms with van der Waals surface area (Å²) < 4.78 is 4.53. The molecule has 0 saturated carbocycles. The predicted octanol–water partition coefficient (Wildman–Crippen LogP) is -0.370. The topological polar surface area (TPSA) is 66.9 Å². The molecule has 17 heavy (non-hydrogen) atoms. The average molecular weight is 242 g/mol. The van der Waals surface area contributed by atoms with E-state index < -0.39 is 0 Å². The van der Waals surface area contributed by atoms with E-state index in [1.807, 2.05) is 11.9 Å². The third-order valence-corrected chi connectivity index (χ3v) is 2.79. The minimum Gasteiger partial charge on any atom is -0.469 e. The highest BCUT2D eigenvalue weighted by molar-refractivity contribution is 6.01. The zero-order valence-corrected chi connectivity index (χ0v) is 10.3. The lowest BCUT2D eigenvalue weighted by atomic mass is 10.4. The molecule has 0 aliphatic carbocycles. The molecule has 0 bridgehead atoms. The van der Waals surface area contributed by atoms with Crippen LogP contribution < -0.4 is 0 Å². The lowest BCUT2D eigenvalue weighted by Crippen LogP contribution is -2.37. The van der Waals surface area contributed by atoms with Gasteiger partial charge in [-0.2, -0.15) is 0 Å². The van der Waals surface area contributed by atoms with Crippen molar-refractivity contribution in [3.05, 3.63) is 0 Å². The number of rotatable bonds is 6. The fourth-order valence-electron chi connectivity index (χ4n) is 1.64. The lowest BCUT2D eigenvalue weighted by Gasteiger charge is -2.20. The van der Waals surface area contributed by atoms with E-state index in [0.717, 1.165) is 0 Å². The summed E-state index contributed by atoms with van der Waals surface area (Å²) in [6.07, 6.45) is 0.963. The maximum Gasteiger partial charge on any atom is 0.306 e. The predicted molar refractivity (Wildman–Crippen MR) is 60.1 cm³/mol. The summed E-state index contributed by atoms with van der Waals surface area (Å²) in [7, 11) is 3.19. The molecule has 1 saturated heterocycles. The van der Waals surface area contributed by atoms with Crippen LogP contribution in [0.4, 0.5) is 0 Å². The van der Waals surface area contributed by atoms with Crippen molar-refractivity contribution in [3.8, 4) is 0 Å². The maximum atomic E-state index is 11.3. The molecule has 1 heterocycles. The van der Waals surface area contributed by atoms with Gasteiger partial charge in [-0.3, -0.25) is 19.3 Å². The average Bonchev–Trinajstić information content (AvgIpc) is 2.63. The molecule has 0 unspecified atom stereocenters. The van der Waals surface area contributed by atoms with Crippen molar-refractivity contribution in [2.45, 2.75) is 19.3 Å². The SMILES string of the molecule is COC(=O)CCN(C)CCN1C(=O)CCC1=O. The Kier molecular flexibility index (Phi) is 5.09. The van der Waals surface area contributed by atoms with Gasteiger partial charge >= 0.3 is 5.97 Å². The van der Waals surface area contributed by atoms with Gasteiger partial charge in [-0.25, -0.2) is 0 Å². The van der Waals surface area contributed by atoms with Gasteiger partial charge in [-0.15, -0.1) is 0 Å². The van der Waals surface area contributed by atoms with Gasteiger partial charge in [-0.05, 0) is 7.05 Å². The van der Waals surface area contributed by atoms with Crippen LogP contribution in [-0.2, 0) is 19.1 Å². The molecule has 0 aromatic carbocycles. The number of nitrogens with zero attached hydrogens (tertiary/aromatic N) is 2. The van der Waals surface area contributed by atoms with Crippen molar-refractivity contribution < 1.29 is 19.1 Å². The highest BCUT2D eigenvalue weighted by atomic mass is 16.5. The van der Waals surface area contributed by atoms with E-state index in [2.05, 4.69) is 4.74 Å². The van der Waals surface area contributed by atoms with Gasteiger partial charge in [0.1, 0.15) is 0 Å². The minimum atomic E-state index is -0.259. The normalized spacial score (nSPS) is 15.8. The van der Waals surface area contributed by atoms with Crippen LogP contribution in [0.2, 0.25) is 0 Å². The zero-order chi connectivity index (χ0) is 12.8. The Morgan fingerprint density at radius 1 is 1.29 bits per heavy atom. The Balaban J connectivity index is 2.23. The van der Waals surface area contributed by atoms with Crippen LogP contribution in [0.3, 0.4) is 0 Å². The van der Waals surface area contributed by atoms with Gasteiger partial charge in [0, 0.05) is 32.5 Å². The van der Waals surface area contributed by atoms with Crippen molar-refractivity contribution in [3.63, 3.8) is 0 Å². The number of likely N-dealkylation sites (N-methyl/N-ethyl adjacent to an activating group) is 1. The Labute approximate surface area is 101 Å². The number of hydrogen-bond acceptors (Lipinski definition) is 5. The number of carbonyl (C=O) groups excluding carboxylic acids is 3.